The summed E-state index contributed by atoms with van der Waals surface area (Å²) in [5.41, 5.74) is 1.35. The number of aromatic nitrogens is 3. The van der Waals surface area contributed by atoms with E-state index in [9.17, 15) is 4.79 Å². The summed E-state index contributed by atoms with van der Waals surface area (Å²) in [6.07, 6.45) is 1.82. The molecule has 6 heteroatoms. The average Bonchev–Trinajstić information content (AvgIpc) is 2.94. The van der Waals surface area contributed by atoms with Gasteiger partial charge in [0.1, 0.15) is 5.69 Å². The Labute approximate surface area is 110 Å². The second-order valence-electron chi connectivity index (χ2n) is 5.07. The van der Waals surface area contributed by atoms with Gasteiger partial charge in [-0.25, -0.2) is 4.68 Å². The lowest BCUT2D eigenvalue weighted by atomic mass is 9.96. The van der Waals surface area contributed by atoms with Gasteiger partial charge in [0.05, 0.1) is 18.4 Å². The van der Waals surface area contributed by atoms with Gasteiger partial charge in [-0.1, -0.05) is 26.0 Å². The van der Waals surface area contributed by atoms with Crippen molar-refractivity contribution in [2.75, 3.05) is 0 Å². The van der Waals surface area contributed by atoms with Gasteiger partial charge in [0, 0.05) is 10.8 Å². The van der Waals surface area contributed by atoms with Crippen LogP contribution in [0.25, 0.3) is 5.69 Å². The molecule has 0 saturated carbocycles. The van der Waals surface area contributed by atoms with E-state index in [1.807, 2.05) is 43.8 Å². The molecule has 0 fully saturated rings. The Kier molecular flexibility index (Phi) is 3.47. The molecule has 0 unspecified atom stereocenters. The molecule has 1 amide bonds. The number of carbonyl (C=O) groups excluding carboxylic acids is 1. The van der Waals surface area contributed by atoms with E-state index in [4.69, 9.17) is 0 Å². The van der Waals surface area contributed by atoms with Crippen molar-refractivity contribution in [3.63, 3.8) is 0 Å². The first-order chi connectivity index (χ1) is 8.47. The van der Waals surface area contributed by atoms with Crippen LogP contribution in [0.15, 0.2) is 23.0 Å². The normalized spacial score (nSPS) is 11.5. The fourth-order valence-corrected chi connectivity index (χ4v) is 1.95. The molecule has 0 aliphatic heterocycles. The highest BCUT2D eigenvalue weighted by Crippen LogP contribution is 2.13. The molecule has 0 aliphatic carbocycles. The van der Waals surface area contributed by atoms with Crippen LogP contribution in [0.5, 0.6) is 0 Å². The van der Waals surface area contributed by atoms with Gasteiger partial charge in [-0.05, 0) is 11.4 Å². The van der Waals surface area contributed by atoms with Gasteiger partial charge in [-0.2, -0.15) is 11.3 Å². The van der Waals surface area contributed by atoms with Crippen molar-refractivity contribution in [3.05, 3.63) is 28.7 Å². The number of thiophene rings is 1. The molecule has 0 aromatic carbocycles. The molecule has 0 bridgehead atoms. The quantitative estimate of drug-likeness (QED) is 0.922. The zero-order valence-corrected chi connectivity index (χ0v) is 11.5. The summed E-state index contributed by atoms with van der Waals surface area (Å²) in [6, 6.07) is 1.97. The van der Waals surface area contributed by atoms with Crippen molar-refractivity contribution in [1.29, 1.82) is 0 Å². The summed E-state index contributed by atoms with van der Waals surface area (Å²) >= 11 is 1.61. The summed E-state index contributed by atoms with van der Waals surface area (Å²) in [6.45, 7) is 6.04. The standard InChI is InChI=1S/C12H16N4OS/c1-12(2,3)11(17)13-6-9-7-16(15-14-9)10-4-5-18-8-10/h4-5,7-8H,6H2,1-3H3,(H,13,17). The monoisotopic (exact) mass is 264 g/mol. The second kappa shape index (κ2) is 4.89. The summed E-state index contributed by atoms with van der Waals surface area (Å²) < 4.78 is 1.70. The third-order valence-electron chi connectivity index (χ3n) is 2.42. The van der Waals surface area contributed by atoms with E-state index < -0.39 is 0 Å². The zero-order valence-electron chi connectivity index (χ0n) is 10.7. The predicted molar refractivity (Wildman–Crippen MR) is 70.5 cm³/mol. The van der Waals surface area contributed by atoms with Gasteiger partial charge in [0.2, 0.25) is 5.91 Å². The molecular formula is C12H16N4OS. The molecule has 0 saturated heterocycles. The molecule has 0 radical (unpaired) electrons. The van der Waals surface area contributed by atoms with E-state index in [-0.39, 0.29) is 11.3 Å². The molecule has 2 rings (SSSR count). The van der Waals surface area contributed by atoms with Crippen LogP contribution in [0.2, 0.25) is 0 Å². The highest BCUT2D eigenvalue weighted by molar-refractivity contribution is 7.08. The fraction of sp³-hybridized carbons (Fsp3) is 0.417. The van der Waals surface area contributed by atoms with E-state index in [2.05, 4.69) is 15.6 Å². The summed E-state index contributed by atoms with van der Waals surface area (Å²) in [5.74, 6) is 0.00702. The minimum Gasteiger partial charge on any atom is -0.350 e. The molecule has 1 N–H and O–H groups in total. The summed E-state index contributed by atoms with van der Waals surface area (Å²) in [7, 11) is 0. The maximum absolute atomic E-state index is 11.7. The number of carbonyl (C=O) groups is 1. The summed E-state index contributed by atoms with van der Waals surface area (Å²) in [5, 5.41) is 14.9. The van der Waals surface area contributed by atoms with Crippen molar-refractivity contribution in [2.45, 2.75) is 27.3 Å². The SMILES string of the molecule is CC(C)(C)C(=O)NCc1cn(-c2ccsc2)nn1. The average molecular weight is 264 g/mol. The number of hydrogen-bond donors (Lipinski definition) is 1. The maximum atomic E-state index is 11.7. The van der Waals surface area contributed by atoms with Crippen molar-refractivity contribution in [3.8, 4) is 5.69 Å². The molecule has 5 nitrogen and oxygen atoms in total. The highest BCUT2D eigenvalue weighted by Gasteiger charge is 2.20. The minimum absolute atomic E-state index is 0.00702. The first-order valence-corrected chi connectivity index (χ1v) is 6.63. The van der Waals surface area contributed by atoms with Crippen LogP contribution < -0.4 is 5.32 Å². The van der Waals surface area contributed by atoms with Gasteiger partial charge in [-0.15, -0.1) is 5.10 Å². The molecule has 0 spiro atoms. The van der Waals surface area contributed by atoms with Crippen molar-refractivity contribution < 1.29 is 4.79 Å². The Morgan fingerprint density at radius 3 is 2.89 bits per heavy atom. The molecule has 2 aromatic rings. The van der Waals surface area contributed by atoms with Crippen molar-refractivity contribution in [2.24, 2.45) is 5.41 Å². The number of hydrogen-bond acceptors (Lipinski definition) is 4. The van der Waals surface area contributed by atoms with Crippen LogP contribution >= 0.6 is 11.3 Å². The Balaban J connectivity index is 1.98. The van der Waals surface area contributed by atoms with Crippen molar-refractivity contribution >= 4 is 17.2 Å². The number of rotatable bonds is 3. The van der Waals surface area contributed by atoms with E-state index in [1.54, 1.807) is 16.0 Å². The minimum atomic E-state index is -0.386. The molecule has 96 valence electrons. The third-order valence-corrected chi connectivity index (χ3v) is 3.09. The largest absolute Gasteiger partial charge is 0.350 e. The molecule has 0 aliphatic rings. The van der Waals surface area contributed by atoms with Gasteiger partial charge in [-0.3, -0.25) is 4.79 Å². The van der Waals surface area contributed by atoms with E-state index in [1.165, 1.54) is 0 Å². The number of nitrogens with one attached hydrogen (secondary N) is 1. The van der Waals surface area contributed by atoms with E-state index in [0.29, 0.717) is 6.54 Å². The Bertz CT molecular complexity index is 525. The maximum Gasteiger partial charge on any atom is 0.225 e. The lowest BCUT2D eigenvalue weighted by Gasteiger charge is -2.16. The molecule has 2 aromatic heterocycles. The van der Waals surface area contributed by atoms with Crippen LogP contribution in [0.3, 0.4) is 0 Å². The Hall–Kier alpha value is -1.69. The van der Waals surface area contributed by atoms with Crippen LogP contribution in [0, 0.1) is 5.41 Å². The fourth-order valence-electron chi connectivity index (χ4n) is 1.33. The van der Waals surface area contributed by atoms with Gasteiger partial charge in [0.25, 0.3) is 0 Å². The van der Waals surface area contributed by atoms with Gasteiger partial charge >= 0.3 is 0 Å². The van der Waals surface area contributed by atoms with Crippen LogP contribution in [-0.4, -0.2) is 20.9 Å². The lowest BCUT2D eigenvalue weighted by molar-refractivity contribution is -0.128. The second-order valence-corrected chi connectivity index (χ2v) is 5.85. The first kappa shape index (κ1) is 12.8. The number of amides is 1. The predicted octanol–water partition coefficient (Wildman–Crippen LogP) is 1.99. The summed E-state index contributed by atoms with van der Waals surface area (Å²) in [4.78, 5) is 11.7. The Morgan fingerprint density at radius 1 is 1.50 bits per heavy atom. The zero-order chi connectivity index (χ0) is 13.2. The van der Waals surface area contributed by atoms with Gasteiger partial charge in [0.15, 0.2) is 0 Å². The van der Waals surface area contributed by atoms with Crippen molar-refractivity contribution in [1.82, 2.24) is 20.3 Å². The number of nitrogens with zero attached hydrogens (tertiary/aromatic N) is 3. The first-order valence-electron chi connectivity index (χ1n) is 5.69. The van der Waals surface area contributed by atoms with Crippen LogP contribution in [-0.2, 0) is 11.3 Å². The van der Waals surface area contributed by atoms with Gasteiger partial charge < -0.3 is 5.32 Å². The van der Waals surface area contributed by atoms with E-state index >= 15 is 0 Å². The van der Waals surface area contributed by atoms with Crippen LogP contribution in [0.4, 0.5) is 0 Å². The Morgan fingerprint density at radius 2 is 2.28 bits per heavy atom. The third kappa shape index (κ3) is 2.95. The molecule has 0 atom stereocenters. The smallest absolute Gasteiger partial charge is 0.225 e. The molecule has 18 heavy (non-hydrogen) atoms. The molecule has 2 heterocycles. The topological polar surface area (TPSA) is 59.8 Å². The van der Waals surface area contributed by atoms with E-state index in [0.717, 1.165) is 11.4 Å². The lowest BCUT2D eigenvalue weighted by Crippen LogP contribution is -2.34. The highest BCUT2D eigenvalue weighted by atomic mass is 32.1. The van der Waals surface area contributed by atoms with Crippen LogP contribution in [0.1, 0.15) is 26.5 Å². The molecular weight excluding hydrogens is 248 g/mol.